The zero-order valence-electron chi connectivity index (χ0n) is 11.6. The maximum atomic E-state index is 13.3. The number of hydrogen-bond acceptors (Lipinski definition) is 3. The van der Waals surface area contributed by atoms with Gasteiger partial charge in [-0.1, -0.05) is 12.1 Å². The minimum Gasteiger partial charge on any atom is -0.508 e. The lowest BCUT2D eigenvalue weighted by Gasteiger charge is -2.16. The summed E-state index contributed by atoms with van der Waals surface area (Å²) in [7, 11) is 1.45. The van der Waals surface area contributed by atoms with E-state index in [-0.39, 0.29) is 23.4 Å². The molecule has 20 heavy (non-hydrogen) atoms. The second kappa shape index (κ2) is 6.28. The third kappa shape index (κ3) is 3.63. The largest absolute Gasteiger partial charge is 0.508 e. The Balaban J connectivity index is 2.00. The first kappa shape index (κ1) is 14.2. The van der Waals surface area contributed by atoms with Gasteiger partial charge in [-0.15, -0.1) is 0 Å². The fraction of sp³-hybridized carbons (Fsp3) is 0.250. The van der Waals surface area contributed by atoms with Crippen molar-refractivity contribution in [2.75, 3.05) is 12.4 Å². The highest BCUT2D eigenvalue weighted by Crippen LogP contribution is 2.22. The lowest BCUT2D eigenvalue weighted by atomic mass is 10.1. The monoisotopic (exact) mass is 275 g/mol. The van der Waals surface area contributed by atoms with Crippen molar-refractivity contribution in [3.05, 3.63) is 53.8 Å². The van der Waals surface area contributed by atoms with E-state index in [2.05, 4.69) is 5.32 Å². The molecule has 2 aromatic carbocycles. The minimum absolute atomic E-state index is 0.176. The Labute approximate surface area is 118 Å². The maximum absolute atomic E-state index is 13.3. The van der Waals surface area contributed by atoms with Crippen LogP contribution in [0.15, 0.2) is 42.5 Å². The number of anilines is 1. The topological polar surface area (TPSA) is 41.5 Å². The van der Waals surface area contributed by atoms with E-state index < -0.39 is 0 Å². The highest BCUT2D eigenvalue weighted by atomic mass is 19.1. The van der Waals surface area contributed by atoms with Crippen molar-refractivity contribution < 1.29 is 14.2 Å². The molecule has 2 rings (SSSR count). The van der Waals surface area contributed by atoms with Gasteiger partial charge in [-0.3, -0.25) is 0 Å². The summed E-state index contributed by atoms with van der Waals surface area (Å²) in [6, 6.07) is 12.0. The van der Waals surface area contributed by atoms with Crippen LogP contribution in [-0.2, 0) is 6.42 Å². The molecule has 0 amide bonds. The van der Waals surface area contributed by atoms with Gasteiger partial charge >= 0.3 is 0 Å². The Morgan fingerprint density at radius 2 is 1.90 bits per heavy atom. The summed E-state index contributed by atoms with van der Waals surface area (Å²) in [6.45, 7) is 2.04. The van der Waals surface area contributed by atoms with Crippen LogP contribution in [0.3, 0.4) is 0 Å². The molecule has 4 heteroatoms. The van der Waals surface area contributed by atoms with E-state index in [0.29, 0.717) is 0 Å². The Hall–Kier alpha value is -2.23. The van der Waals surface area contributed by atoms with Crippen LogP contribution in [-0.4, -0.2) is 18.3 Å². The second-order valence-electron chi connectivity index (χ2n) is 4.77. The Morgan fingerprint density at radius 3 is 2.55 bits per heavy atom. The van der Waals surface area contributed by atoms with Crippen molar-refractivity contribution in [2.24, 2.45) is 0 Å². The summed E-state index contributed by atoms with van der Waals surface area (Å²) in [4.78, 5) is 0. The molecule has 0 aliphatic heterocycles. The average Bonchev–Trinajstić information content (AvgIpc) is 2.43. The van der Waals surface area contributed by atoms with Crippen molar-refractivity contribution >= 4 is 5.69 Å². The molecule has 0 heterocycles. The fourth-order valence-corrected chi connectivity index (χ4v) is 2.07. The van der Waals surface area contributed by atoms with Crippen LogP contribution in [0.25, 0.3) is 0 Å². The molecule has 0 saturated carbocycles. The number of methoxy groups -OCH3 is 1. The molecule has 0 spiro atoms. The van der Waals surface area contributed by atoms with Crippen molar-refractivity contribution in [1.82, 2.24) is 0 Å². The number of rotatable bonds is 5. The van der Waals surface area contributed by atoms with E-state index in [9.17, 15) is 9.50 Å². The quantitative estimate of drug-likeness (QED) is 0.876. The first-order chi connectivity index (χ1) is 9.58. The lowest BCUT2D eigenvalue weighted by molar-refractivity contribution is 0.387. The lowest BCUT2D eigenvalue weighted by Crippen LogP contribution is -2.18. The summed E-state index contributed by atoms with van der Waals surface area (Å²) in [5.74, 6) is 0.119. The first-order valence-electron chi connectivity index (χ1n) is 6.46. The van der Waals surface area contributed by atoms with Crippen LogP contribution >= 0.6 is 0 Å². The number of nitrogens with one attached hydrogen (secondary N) is 1. The Morgan fingerprint density at radius 1 is 1.20 bits per heavy atom. The van der Waals surface area contributed by atoms with Gasteiger partial charge in [0.15, 0.2) is 11.6 Å². The highest BCUT2D eigenvalue weighted by molar-refractivity contribution is 5.49. The van der Waals surface area contributed by atoms with Gasteiger partial charge in [0, 0.05) is 17.8 Å². The summed E-state index contributed by atoms with van der Waals surface area (Å²) < 4.78 is 18.3. The van der Waals surface area contributed by atoms with Gasteiger partial charge in [0.1, 0.15) is 5.75 Å². The summed E-state index contributed by atoms with van der Waals surface area (Å²) in [5.41, 5.74) is 1.94. The van der Waals surface area contributed by atoms with Gasteiger partial charge in [-0.25, -0.2) is 4.39 Å². The van der Waals surface area contributed by atoms with Crippen LogP contribution in [0, 0.1) is 5.82 Å². The SMILES string of the molecule is COc1cc(NC(C)Cc2ccc(O)cc2)ccc1F. The van der Waals surface area contributed by atoms with Crippen molar-refractivity contribution in [1.29, 1.82) is 0 Å². The van der Waals surface area contributed by atoms with Gasteiger partial charge in [-0.2, -0.15) is 0 Å². The molecule has 1 unspecified atom stereocenters. The van der Waals surface area contributed by atoms with Gasteiger partial charge in [0.2, 0.25) is 0 Å². The number of hydrogen-bond donors (Lipinski definition) is 2. The number of benzene rings is 2. The van der Waals surface area contributed by atoms with Crippen molar-refractivity contribution in [3.8, 4) is 11.5 Å². The molecular formula is C16H18FNO2. The van der Waals surface area contributed by atoms with Crippen molar-refractivity contribution in [3.63, 3.8) is 0 Å². The zero-order chi connectivity index (χ0) is 14.5. The molecule has 0 fully saturated rings. The van der Waals surface area contributed by atoms with Crippen molar-refractivity contribution in [2.45, 2.75) is 19.4 Å². The third-order valence-corrected chi connectivity index (χ3v) is 3.04. The average molecular weight is 275 g/mol. The molecule has 0 radical (unpaired) electrons. The van der Waals surface area contributed by atoms with Gasteiger partial charge in [0.05, 0.1) is 7.11 Å². The molecule has 0 bridgehead atoms. The van der Waals surface area contributed by atoms with Crippen LogP contribution in [0.2, 0.25) is 0 Å². The van der Waals surface area contributed by atoms with Crippen LogP contribution in [0.5, 0.6) is 11.5 Å². The predicted octanol–water partition coefficient (Wildman–Crippen LogP) is 3.58. The highest BCUT2D eigenvalue weighted by Gasteiger charge is 2.07. The zero-order valence-corrected chi connectivity index (χ0v) is 11.6. The van der Waals surface area contributed by atoms with E-state index in [1.807, 2.05) is 19.1 Å². The molecule has 2 N–H and O–H groups in total. The van der Waals surface area contributed by atoms with Crippen LogP contribution in [0.4, 0.5) is 10.1 Å². The van der Waals surface area contributed by atoms with Crippen LogP contribution < -0.4 is 10.1 Å². The normalized spacial score (nSPS) is 11.9. The maximum Gasteiger partial charge on any atom is 0.165 e. The van der Waals surface area contributed by atoms with Gasteiger partial charge in [0.25, 0.3) is 0 Å². The second-order valence-corrected chi connectivity index (χ2v) is 4.77. The smallest absolute Gasteiger partial charge is 0.165 e. The van der Waals surface area contributed by atoms with Crippen LogP contribution in [0.1, 0.15) is 12.5 Å². The number of aromatic hydroxyl groups is 1. The van der Waals surface area contributed by atoms with E-state index in [1.165, 1.54) is 13.2 Å². The molecule has 106 valence electrons. The number of ether oxygens (including phenoxy) is 1. The minimum atomic E-state index is -0.371. The Bertz CT molecular complexity index is 569. The number of halogens is 1. The van der Waals surface area contributed by atoms with Gasteiger partial charge < -0.3 is 15.2 Å². The summed E-state index contributed by atoms with van der Waals surface area (Å²) >= 11 is 0. The summed E-state index contributed by atoms with van der Waals surface area (Å²) in [6.07, 6.45) is 0.806. The molecular weight excluding hydrogens is 257 g/mol. The molecule has 0 aromatic heterocycles. The molecule has 2 aromatic rings. The standard InChI is InChI=1S/C16H18FNO2/c1-11(9-12-3-6-14(19)7-4-12)18-13-5-8-15(17)16(10-13)20-2/h3-8,10-11,18-19H,9H2,1-2H3. The molecule has 3 nitrogen and oxygen atoms in total. The molecule has 0 saturated heterocycles. The Kier molecular flexibility index (Phi) is 4.45. The number of phenolic OH excluding ortho intramolecular Hbond substituents is 1. The fourth-order valence-electron chi connectivity index (χ4n) is 2.07. The molecule has 0 aliphatic rings. The van der Waals surface area contributed by atoms with E-state index in [0.717, 1.165) is 17.7 Å². The molecule has 1 atom stereocenters. The third-order valence-electron chi connectivity index (χ3n) is 3.04. The summed E-state index contributed by atoms with van der Waals surface area (Å²) in [5, 5.41) is 12.5. The van der Waals surface area contributed by atoms with Gasteiger partial charge in [-0.05, 0) is 43.2 Å². The first-order valence-corrected chi connectivity index (χ1v) is 6.46. The van der Waals surface area contributed by atoms with E-state index >= 15 is 0 Å². The number of phenols is 1. The predicted molar refractivity (Wildman–Crippen MR) is 77.8 cm³/mol. The van der Waals surface area contributed by atoms with E-state index in [1.54, 1.807) is 24.3 Å². The van der Waals surface area contributed by atoms with E-state index in [4.69, 9.17) is 4.74 Å². The molecule has 0 aliphatic carbocycles.